The predicted molar refractivity (Wildman–Crippen MR) is 85.2 cm³/mol. The molecule has 0 aliphatic rings. The molecule has 3 nitrogen and oxygen atoms in total. The van der Waals surface area contributed by atoms with Crippen molar-refractivity contribution >= 4 is 62.3 Å². The molecule has 0 bridgehead atoms. The molecule has 1 amide bonds. The number of anilines is 1. The van der Waals surface area contributed by atoms with Gasteiger partial charge in [0, 0.05) is 20.1 Å². The summed E-state index contributed by atoms with van der Waals surface area (Å²) in [6, 6.07) is 7.55. The average molecular weight is 395 g/mol. The second-order valence-corrected chi connectivity index (χ2v) is 6.09. The van der Waals surface area contributed by atoms with E-state index in [1.165, 1.54) is 18.2 Å². The van der Waals surface area contributed by atoms with Crippen LogP contribution in [0.5, 0.6) is 5.75 Å². The molecule has 0 radical (unpaired) electrons. The standard InChI is InChI=1S/C13H7BrCl3NO2/c14-7-1-6(2-8(15)3-7)13(20)18-11-5-9(16)4-10(17)12(11)19/h1-5,19H,(H,18,20). The van der Waals surface area contributed by atoms with Crippen LogP contribution in [0.3, 0.4) is 0 Å². The number of aromatic hydroxyl groups is 1. The summed E-state index contributed by atoms with van der Waals surface area (Å²) < 4.78 is 0.670. The van der Waals surface area contributed by atoms with E-state index in [0.717, 1.165) is 0 Å². The van der Waals surface area contributed by atoms with Gasteiger partial charge in [-0.2, -0.15) is 0 Å². The molecule has 2 N–H and O–H groups in total. The lowest BCUT2D eigenvalue weighted by Crippen LogP contribution is -2.12. The number of halogens is 4. The maximum atomic E-state index is 12.1. The van der Waals surface area contributed by atoms with Crippen molar-refractivity contribution in [2.24, 2.45) is 0 Å². The second-order valence-electron chi connectivity index (χ2n) is 3.90. The first-order valence-corrected chi connectivity index (χ1v) is 7.25. The second kappa shape index (κ2) is 6.22. The molecule has 2 aromatic carbocycles. The van der Waals surface area contributed by atoms with Gasteiger partial charge in [0.25, 0.3) is 5.91 Å². The quantitative estimate of drug-likeness (QED) is 0.672. The number of phenolic OH excluding ortho intramolecular Hbond substituents is 1. The molecule has 0 aliphatic heterocycles. The van der Waals surface area contributed by atoms with Crippen LogP contribution in [-0.4, -0.2) is 11.0 Å². The van der Waals surface area contributed by atoms with Crippen LogP contribution in [0.15, 0.2) is 34.8 Å². The molecule has 0 aliphatic carbocycles. The first-order valence-electron chi connectivity index (χ1n) is 5.32. The zero-order chi connectivity index (χ0) is 14.9. The molecule has 0 atom stereocenters. The van der Waals surface area contributed by atoms with Crippen LogP contribution in [0, 0.1) is 0 Å². The van der Waals surface area contributed by atoms with E-state index < -0.39 is 5.91 Å². The Balaban J connectivity index is 2.32. The summed E-state index contributed by atoms with van der Waals surface area (Å²) in [5.74, 6) is -0.688. The minimum atomic E-state index is -0.443. The summed E-state index contributed by atoms with van der Waals surface area (Å²) in [7, 11) is 0. The molecule has 2 rings (SSSR count). The lowest BCUT2D eigenvalue weighted by molar-refractivity contribution is 0.102. The Morgan fingerprint density at radius 3 is 2.35 bits per heavy atom. The lowest BCUT2D eigenvalue weighted by Gasteiger charge is -2.09. The summed E-state index contributed by atoms with van der Waals surface area (Å²) in [5, 5.41) is 13.1. The smallest absolute Gasteiger partial charge is 0.255 e. The molecule has 104 valence electrons. The first-order chi connectivity index (χ1) is 9.36. The van der Waals surface area contributed by atoms with Gasteiger partial charge in [0.2, 0.25) is 0 Å². The molecule has 0 aromatic heterocycles. The van der Waals surface area contributed by atoms with Crippen LogP contribution < -0.4 is 5.32 Å². The van der Waals surface area contributed by atoms with Crippen molar-refractivity contribution in [3.05, 3.63) is 55.4 Å². The third-order valence-electron chi connectivity index (χ3n) is 2.40. The first kappa shape index (κ1) is 15.4. The molecule has 7 heteroatoms. The highest BCUT2D eigenvalue weighted by Gasteiger charge is 2.13. The average Bonchev–Trinajstić information content (AvgIpc) is 2.34. The fourth-order valence-electron chi connectivity index (χ4n) is 1.54. The fraction of sp³-hybridized carbons (Fsp3) is 0. The highest BCUT2D eigenvalue weighted by atomic mass is 79.9. The summed E-state index contributed by atoms with van der Waals surface area (Å²) >= 11 is 20.7. The Morgan fingerprint density at radius 2 is 1.70 bits per heavy atom. The highest BCUT2D eigenvalue weighted by Crippen LogP contribution is 2.35. The SMILES string of the molecule is O=C(Nc1cc(Cl)cc(Cl)c1O)c1cc(Cl)cc(Br)c1. The molecular weight excluding hydrogens is 388 g/mol. The molecule has 0 spiro atoms. The Bertz CT molecular complexity index is 671. The number of carbonyl (C=O) groups excluding carboxylic acids is 1. The maximum absolute atomic E-state index is 12.1. The number of rotatable bonds is 2. The van der Waals surface area contributed by atoms with E-state index in [1.54, 1.807) is 12.1 Å². The van der Waals surface area contributed by atoms with E-state index in [9.17, 15) is 9.90 Å². The van der Waals surface area contributed by atoms with Crippen molar-refractivity contribution in [2.45, 2.75) is 0 Å². The topological polar surface area (TPSA) is 49.3 Å². The lowest BCUT2D eigenvalue weighted by atomic mass is 10.2. The van der Waals surface area contributed by atoms with Gasteiger partial charge in [-0.1, -0.05) is 50.7 Å². The summed E-state index contributed by atoms with van der Waals surface area (Å²) in [6.07, 6.45) is 0. The predicted octanol–water partition coefficient (Wildman–Crippen LogP) is 5.37. The molecule has 0 unspecified atom stereocenters. The molecule has 0 saturated heterocycles. The van der Waals surface area contributed by atoms with Crippen molar-refractivity contribution in [1.82, 2.24) is 0 Å². The zero-order valence-corrected chi connectivity index (χ0v) is 13.6. The molecule has 0 fully saturated rings. The van der Waals surface area contributed by atoms with Crippen molar-refractivity contribution in [1.29, 1.82) is 0 Å². The molecule has 0 heterocycles. The van der Waals surface area contributed by atoms with Gasteiger partial charge in [-0.15, -0.1) is 0 Å². The fourth-order valence-corrected chi connectivity index (χ4v) is 2.89. The Kier molecular flexibility index (Phi) is 4.81. The van der Waals surface area contributed by atoms with Gasteiger partial charge in [-0.3, -0.25) is 4.79 Å². The number of benzene rings is 2. The minimum absolute atomic E-state index is 0.0556. The Labute approximate surface area is 138 Å². The number of nitrogens with one attached hydrogen (secondary N) is 1. The number of phenols is 1. The van der Waals surface area contributed by atoms with Crippen LogP contribution in [0.2, 0.25) is 15.1 Å². The zero-order valence-electron chi connectivity index (χ0n) is 9.75. The van der Waals surface area contributed by atoms with Crippen LogP contribution >= 0.6 is 50.7 Å². The molecular formula is C13H7BrCl3NO2. The van der Waals surface area contributed by atoms with E-state index in [4.69, 9.17) is 34.8 Å². The number of carbonyl (C=O) groups is 1. The van der Waals surface area contributed by atoms with E-state index in [1.807, 2.05) is 0 Å². The maximum Gasteiger partial charge on any atom is 0.255 e. The normalized spacial score (nSPS) is 10.4. The largest absolute Gasteiger partial charge is 0.504 e. The third-order valence-corrected chi connectivity index (χ3v) is 3.58. The van der Waals surface area contributed by atoms with Crippen LogP contribution in [-0.2, 0) is 0 Å². The highest BCUT2D eigenvalue weighted by molar-refractivity contribution is 9.10. The molecule has 2 aromatic rings. The number of hydrogen-bond donors (Lipinski definition) is 2. The summed E-state index contributed by atoms with van der Waals surface area (Å²) in [4.78, 5) is 12.1. The van der Waals surface area contributed by atoms with E-state index >= 15 is 0 Å². The van der Waals surface area contributed by atoms with Gasteiger partial charge < -0.3 is 10.4 Å². The Morgan fingerprint density at radius 1 is 1.05 bits per heavy atom. The van der Waals surface area contributed by atoms with Crippen molar-refractivity contribution in [3.63, 3.8) is 0 Å². The number of hydrogen-bond acceptors (Lipinski definition) is 2. The van der Waals surface area contributed by atoms with Gasteiger partial charge in [0.15, 0.2) is 5.75 Å². The van der Waals surface area contributed by atoms with Crippen molar-refractivity contribution in [2.75, 3.05) is 5.32 Å². The van der Waals surface area contributed by atoms with Gasteiger partial charge in [0.1, 0.15) is 0 Å². The van der Waals surface area contributed by atoms with Crippen molar-refractivity contribution < 1.29 is 9.90 Å². The van der Waals surface area contributed by atoms with E-state index in [0.29, 0.717) is 20.1 Å². The number of amides is 1. The monoisotopic (exact) mass is 393 g/mol. The van der Waals surface area contributed by atoms with Gasteiger partial charge >= 0.3 is 0 Å². The van der Waals surface area contributed by atoms with Crippen LogP contribution in [0.1, 0.15) is 10.4 Å². The minimum Gasteiger partial charge on any atom is -0.504 e. The van der Waals surface area contributed by atoms with Gasteiger partial charge in [-0.25, -0.2) is 0 Å². The third kappa shape index (κ3) is 3.58. The van der Waals surface area contributed by atoms with Crippen molar-refractivity contribution in [3.8, 4) is 5.75 Å². The van der Waals surface area contributed by atoms with E-state index in [2.05, 4.69) is 21.2 Å². The van der Waals surface area contributed by atoms with Crippen LogP contribution in [0.25, 0.3) is 0 Å². The summed E-state index contributed by atoms with van der Waals surface area (Å²) in [6.45, 7) is 0. The van der Waals surface area contributed by atoms with Gasteiger partial charge in [-0.05, 0) is 30.3 Å². The van der Waals surface area contributed by atoms with E-state index in [-0.39, 0.29) is 16.5 Å². The molecule has 20 heavy (non-hydrogen) atoms. The summed E-state index contributed by atoms with van der Waals surface area (Å²) in [5.41, 5.74) is 0.462. The van der Waals surface area contributed by atoms with Crippen LogP contribution in [0.4, 0.5) is 5.69 Å². The van der Waals surface area contributed by atoms with Gasteiger partial charge in [0.05, 0.1) is 10.7 Å². The molecule has 0 saturated carbocycles. The Hall–Kier alpha value is -0.940.